The average Bonchev–Trinajstić information content (AvgIpc) is 3.22. The summed E-state index contributed by atoms with van der Waals surface area (Å²) in [5.41, 5.74) is 3.86. The summed E-state index contributed by atoms with van der Waals surface area (Å²) in [5, 5.41) is 8.70. The van der Waals surface area contributed by atoms with Gasteiger partial charge in [-0.1, -0.05) is 32.0 Å². The second kappa shape index (κ2) is 9.45. The number of aryl methyl sites for hydroxylation is 1. The smallest absolute Gasteiger partial charge is 0.323 e. The molecule has 0 bridgehead atoms. The highest BCUT2D eigenvalue weighted by Gasteiger charge is 2.20. The van der Waals surface area contributed by atoms with Crippen LogP contribution in [0, 0.1) is 12.8 Å². The molecule has 0 saturated carbocycles. The van der Waals surface area contributed by atoms with Crippen molar-refractivity contribution in [1.82, 2.24) is 5.32 Å². The molecule has 3 N–H and O–H groups in total. The lowest BCUT2D eigenvalue weighted by atomic mass is 10.1. The van der Waals surface area contributed by atoms with Crippen LogP contribution in [-0.2, 0) is 0 Å². The highest BCUT2D eigenvalue weighted by atomic mass is 16.2. The van der Waals surface area contributed by atoms with Gasteiger partial charge in [0.1, 0.15) is 0 Å². The maximum Gasteiger partial charge on any atom is 0.323 e. The van der Waals surface area contributed by atoms with Gasteiger partial charge in [-0.25, -0.2) is 4.79 Å². The van der Waals surface area contributed by atoms with Crippen LogP contribution in [0.15, 0.2) is 42.5 Å². The SMILES string of the molecule is Cc1ccccc1NC(=O)Nc1ccc(N2CCCC2)c(C(=O)NCC(C)C)c1. The Labute approximate surface area is 172 Å². The molecule has 3 amide bonds. The molecule has 1 fully saturated rings. The summed E-state index contributed by atoms with van der Waals surface area (Å²) in [7, 11) is 0. The van der Waals surface area contributed by atoms with Crippen LogP contribution in [0.25, 0.3) is 0 Å². The van der Waals surface area contributed by atoms with Gasteiger partial charge in [0.15, 0.2) is 0 Å². The topological polar surface area (TPSA) is 73.5 Å². The van der Waals surface area contributed by atoms with Crippen molar-refractivity contribution in [3.05, 3.63) is 53.6 Å². The molecule has 1 aliphatic heterocycles. The van der Waals surface area contributed by atoms with Crippen LogP contribution in [0.3, 0.4) is 0 Å². The van der Waals surface area contributed by atoms with Crippen LogP contribution in [0.5, 0.6) is 0 Å². The Morgan fingerprint density at radius 2 is 1.76 bits per heavy atom. The highest BCUT2D eigenvalue weighted by Crippen LogP contribution is 2.28. The molecular formula is C23H30N4O2. The molecule has 2 aromatic carbocycles. The molecule has 29 heavy (non-hydrogen) atoms. The van der Waals surface area contributed by atoms with Crippen molar-refractivity contribution in [3.8, 4) is 0 Å². The summed E-state index contributed by atoms with van der Waals surface area (Å²) in [6.07, 6.45) is 2.26. The molecular weight excluding hydrogens is 364 g/mol. The van der Waals surface area contributed by atoms with E-state index in [1.165, 1.54) is 0 Å². The third-order valence-corrected chi connectivity index (χ3v) is 5.01. The molecule has 1 saturated heterocycles. The average molecular weight is 395 g/mol. The number of anilines is 3. The van der Waals surface area contributed by atoms with E-state index in [2.05, 4.69) is 34.7 Å². The first-order chi connectivity index (χ1) is 13.9. The molecule has 0 unspecified atom stereocenters. The van der Waals surface area contributed by atoms with E-state index in [0.29, 0.717) is 23.7 Å². The molecule has 0 radical (unpaired) electrons. The van der Waals surface area contributed by atoms with Crippen LogP contribution in [0.1, 0.15) is 42.6 Å². The fourth-order valence-electron chi connectivity index (χ4n) is 3.42. The molecule has 6 heteroatoms. The molecule has 2 aromatic rings. The number of amides is 3. The second-order valence-corrected chi connectivity index (χ2v) is 7.92. The van der Waals surface area contributed by atoms with Crippen molar-refractivity contribution in [1.29, 1.82) is 0 Å². The summed E-state index contributed by atoms with van der Waals surface area (Å²) in [5.74, 6) is 0.263. The minimum absolute atomic E-state index is 0.108. The van der Waals surface area contributed by atoms with Crippen LogP contribution in [-0.4, -0.2) is 31.6 Å². The van der Waals surface area contributed by atoms with E-state index in [1.54, 1.807) is 6.07 Å². The molecule has 0 atom stereocenters. The van der Waals surface area contributed by atoms with Crippen LogP contribution >= 0.6 is 0 Å². The van der Waals surface area contributed by atoms with Gasteiger partial charge >= 0.3 is 6.03 Å². The highest BCUT2D eigenvalue weighted by molar-refractivity contribution is 6.04. The Kier molecular flexibility index (Phi) is 6.75. The van der Waals surface area contributed by atoms with E-state index >= 15 is 0 Å². The minimum atomic E-state index is -0.332. The summed E-state index contributed by atoms with van der Waals surface area (Å²) >= 11 is 0. The number of hydrogen-bond acceptors (Lipinski definition) is 3. The zero-order valence-electron chi connectivity index (χ0n) is 17.4. The number of hydrogen-bond donors (Lipinski definition) is 3. The number of rotatable bonds is 6. The van der Waals surface area contributed by atoms with Crippen LogP contribution < -0.4 is 20.9 Å². The largest absolute Gasteiger partial charge is 0.371 e. The summed E-state index contributed by atoms with van der Waals surface area (Å²) in [4.78, 5) is 27.5. The monoisotopic (exact) mass is 394 g/mol. The maximum absolute atomic E-state index is 12.8. The predicted octanol–water partition coefficient (Wildman–Crippen LogP) is 4.63. The van der Waals surface area contributed by atoms with E-state index in [4.69, 9.17) is 0 Å². The Bertz CT molecular complexity index is 873. The van der Waals surface area contributed by atoms with Crippen molar-refractivity contribution in [3.63, 3.8) is 0 Å². The maximum atomic E-state index is 12.8. The van der Waals surface area contributed by atoms with E-state index in [9.17, 15) is 9.59 Å². The molecule has 0 aromatic heterocycles. The third-order valence-electron chi connectivity index (χ3n) is 5.01. The number of benzene rings is 2. The third kappa shape index (κ3) is 5.50. The number of carbonyl (C=O) groups excluding carboxylic acids is 2. The predicted molar refractivity (Wildman–Crippen MR) is 119 cm³/mol. The van der Waals surface area contributed by atoms with E-state index < -0.39 is 0 Å². The minimum Gasteiger partial charge on any atom is -0.371 e. The standard InChI is InChI=1S/C23H30N4O2/c1-16(2)15-24-22(28)19-14-18(10-11-21(19)27-12-6-7-13-27)25-23(29)26-20-9-5-4-8-17(20)3/h4-5,8-11,14,16H,6-7,12-13,15H2,1-3H3,(H,24,28)(H2,25,26,29). The lowest BCUT2D eigenvalue weighted by molar-refractivity contribution is 0.0949. The first-order valence-corrected chi connectivity index (χ1v) is 10.2. The second-order valence-electron chi connectivity index (χ2n) is 7.92. The Morgan fingerprint density at radius 1 is 1.03 bits per heavy atom. The van der Waals surface area contributed by atoms with Gasteiger partial charge in [0.05, 0.1) is 5.56 Å². The normalized spacial score (nSPS) is 13.4. The van der Waals surface area contributed by atoms with Crippen molar-refractivity contribution >= 4 is 29.0 Å². The first-order valence-electron chi connectivity index (χ1n) is 10.2. The molecule has 6 nitrogen and oxygen atoms in total. The number of carbonyl (C=O) groups is 2. The first kappa shape index (κ1) is 20.7. The van der Waals surface area contributed by atoms with Crippen molar-refractivity contribution in [2.24, 2.45) is 5.92 Å². The summed E-state index contributed by atoms with van der Waals surface area (Å²) < 4.78 is 0. The molecule has 1 heterocycles. The Hall–Kier alpha value is -3.02. The lowest BCUT2D eigenvalue weighted by Crippen LogP contribution is -2.30. The van der Waals surface area contributed by atoms with Gasteiger partial charge in [-0.15, -0.1) is 0 Å². The zero-order chi connectivity index (χ0) is 20.8. The van der Waals surface area contributed by atoms with Gasteiger partial charge in [-0.2, -0.15) is 0 Å². The Balaban J connectivity index is 1.78. The fourth-order valence-corrected chi connectivity index (χ4v) is 3.42. The van der Waals surface area contributed by atoms with E-state index in [0.717, 1.165) is 42.9 Å². The zero-order valence-corrected chi connectivity index (χ0v) is 17.4. The summed E-state index contributed by atoms with van der Waals surface area (Å²) in [6.45, 7) is 8.59. The number of nitrogens with one attached hydrogen (secondary N) is 3. The number of para-hydroxylation sites is 1. The quantitative estimate of drug-likeness (QED) is 0.669. The Morgan fingerprint density at radius 3 is 2.45 bits per heavy atom. The van der Waals surface area contributed by atoms with E-state index in [-0.39, 0.29) is 11.9 Å². The van der Waals surface area contributed by atoms with Gasteiger partial charge in [-0.05, 0) is 55.5 Å². The molecule has 154 valence electrons. The van der Waals surface area contributed by atoms with Crippen LogP contribution in [0.2, 0.25) is 0 Å². The lowest BCUT2D eigenvalue weighted by Gasteiger charge is -2.22. The van der Waals surface area contributed by atoms with Gasteiger partial charge in [-0.3, -0.25) is 4.79 Å². The molecule has 0 spiro atoms. The van der Waals surface area contributed by atoms with Crippen molar-refractivity contribution < 1.29 is 9.59 Å². The van der Waals surface area contributed by atoms with Gasteiger partial charge in [0.2, 0.25) is 0 Å². The van der Waals surface area contributed by atoms with Crippen molar-refractivity contribution in [2.75, 3.05) is 35.2 Å². The molecule has 1 aliphatic rings. The van der Waals surface area contributed by atoms with Gasteiger partial charge in [0, 0.05) is 36.7 Å². The van der Waals surface area contributed by atoms with Crippen molar-refractivity contribution in [2.45, 2.75) is 33.6 Å². The number of nitrogens with zero attached hydrogens (tertiary/aromatic N) is 1. The molecule has 0 aliphatic carbocycles. The van der Waals surface area contributed by atoms with Crippen LogP contribution in [0.4, 0.5) is 21.9 Å². The van der Waals surface area contributed by atoms with E-state index in [1.807, 2.05) is 43.3 Å². The van der Waals surface area contributed by atoms with Gasteiger partial charge in [0.25, 0.3) is 5.91 Å². The molecule has 3 rings (SSSR count). The number of urea groups is 1. The summed E-state index contributed by atoms with van der Waals surface area (Å²) in [6, 6.07) is 12.8. The fraction of sp³-hybridized carbons (Fsp3) is 0.391. The van der Waals surface area contributed by atoms with Gasteiger partial charge < -0.3 is 20.9 Å².